The van der Waals surface area contributed by atoms with Crippen molar-refractivity contribution < 1.29 is 17.9 Å². The Morgan fingerprint density at radius 1 is 1.35 bits per heavy atom. The van der Waals surface area contributed by atoms with Gasteiger partial charge in [-0.1, -0.05) is 17.7 Å². The molecule has 0 aromatic heterocycles. The highest BCUT2D eigenvalue weighted by atomic mass is 32.2. The second-order valence-electron chi connectivity index (χ2n) is 5.73. The summed E-state index contributed by atoms with van der Waals surface area (Å²) >= 11 is 0. The Hall–Kier alpha value is -1.89. The molecule has 1 aromatic carbocycles. The minimum absolute atomic E-state index is 0.162. The number of rotatable bonds is 6. The molecule has 1 fully saturated rings. The Labute approximate surface area is 137 Å². The number of hydrazone groups is 1. The summed E-state index contributed by atoms with van der Waals surface area (Å²) in [6.07, 6.45) is 3.34. The van der Waals surface area contributed by atoms with Gasteiger partial charge in [0.2, 0.25) is 0 Å². The van der Waals surface area contributed by atoms with E-state index < -0.39 is 10.0 Å². The van der Waals surface area contributed by atoms with E-state index in [-0.39, 0.29) is 16.8 Å². The lowest BCUT2D eigenvalue weighted by atomic mass is 10.0. The van der Waals surface area contributed by atoms with Gasteiger partial charge in [0.25, 0.3) is 10.0 Å². The van der Waals surface area contributed by atoms with Crippen LogP contribution in [0.5, 0.6) is 0 Å². The van der Waals surface area contributed by atoms with Crippen LogP contribution in [0.25, 0.3) is 0 Å². The van der Waals surface area contributed by atoms with E-state index in [9.17, 15) is 13.2 Å². The van der Waals surface area contributed by atoms with Crippen LogP contribution < -0.4 is 4.83 Å². The van der Waals surface area contributed by atoms with Crippen LogP contribution in [-0.4, -0.2) is 26.7 Å². The van der Waals surface area contributed by atoms with Gasteiger partial charge in [-0.25, -0.2) is 4.83 Å². The van der Waals surface area contributed by atoms with E-state index >= 15 is 0 Å². The Kier molecular flexibility index (Phi) is 5.76. The van der Waals surface area contributed by atoms with E-state index in [1.807, 2.05) is 6.92 Å². The number of nitrogens with zero attached hydrogens (tertiary/aromatic N) is 1. The highest BCUT2D eigenvalue weighted by Crippen LogP contribution is 2.25. The van der Waals surface area contributed by atoms with Crippen LogP contribution >= 0.6 is 0 Å². The molecule has 2 rings (SSSR count). The van der Waals surface area contributed by atoms with Gasteiger partial charge in [0.05, 0.1) is 11.5 Å². The summed E-state index contributed by atoms with van der Waals surface area (Å²) < 4.78 is 29.4. The highest BCUT2D eigenvalue weighted by molar-refractivity contribution is 7.89. The number of nitrogens with one attached hydrogen (secondary N) is 1. The average Bonchev–Trinajstić information content (AvgIpc) is 2.93. The second-order valence-corrected chi connectivity index (χ2v) is 7.39. The van der Waals surface area contributed by atoms with Crippen LogP contribution in [0.3, 0.4) is 0 Å². The molecule has 1 aliphatic rings. The molecule has 0 bridgehead atoms. The number of aryl methyl sites for hydroxylation is 1. The lowest BCUT2D eigenvalue weighted by Gasteiger charge is -2.11. The number of benzene rings is 1. The molecule has 1 unspecified atom stereocenters. The minimum atomic E-state index is -3.64. The first-order valence-electron chi connectivity index (χ1n) is 7.67. The third kappa shape index (κ3) is 5.06. The zero-order valence-corrected chi connectivity index (χ0v) is 14.2. The van der Waals surface area contributed by atoms with Gasteiger partial charge >= 0.3 is 5.97 Å². The third-order valence-electron chi connectivity index (χ3n) is 3.87. The summed E-state index contributed by atoms with van der Waals surface area (Å²) in [5.74, 6) is -0.142. The smallest absolute Gasteiger partial charge is 0.302 e. The summed E-state index contributed by atoms with van der Waals surface area (Å²) in [5, 5.41) is 4.11. The van der Waals surface area contributed by atoms with Crippen molar-refractivity contribution in [2.24, 2.45) is 11.0 Å². The second kappa shape index (κ2) is 7.59. The Morgan fingerprint density at radius 3 is 2.70 bits per heavy atom. The summed E-state index contributed by atoms with van der Waals surface area (Å²) in [6, 6.07) is 6.62. The van der Waals surface area contributed by atoms with Crippen LogP contribution in [0.1, 0.15) is 38.2 Å². The molecule has 1 aliphatic carbocycles. The topological polar surface area (TPSA) is 84.8 Å². The van der Waals surface area contributed by atoms with E-state index in [1.54, 1.807) is 24.3 Å². The monoisotopic (exact) mass is 338 g/mol. The molecule has 1 N–H and O–H groups in total. The fourth-order valence-electron chi connectivity index (χ4n) is 2.59. The Morgan fingerprint density at radius 2 is 2.04 bits per heavy atom. The Balaban J connectivity index is 1.99. The van der Waals surface area contributed by atoms with Gasteiger partial charge < -0.3 is 4.74 Å². The molecule has 126 valence electrons. The first-order chi connectivity index (χ1) is 10.9. The van der Waals surface area contributed by atoms with E-state index in [0.29, 0.717) is 13.0 Å². The molecule has 23 heavy (non-hydrogen) atoms. The molecule has 1 aromatic rings. The molecule has 0 amide bonds. The predicted octanol–water partition coefficient (Wildman–Crippen LogP) is 2.38. The van der Waals surface area contributed by atoms with Crippen molar-refractivity contribution >= 4 is 21.7 Å². The summed E-state index contributed by atoms with van der Waals surface area (Å²) in [4.78, 5) is 13.3. The lowest BCUT2D eigenvalue weighted by molar-refractivity contribution is -0.141. The largest absolute Gasteiger partial charge is 0.466 e. The third-order valence-corrected chi connectivity index (χ3v) is 5.09. The molecule has 0 heterocycles. The maximum absolute atomic E-state index is 12.2. The van der Waals surface area contributed by atoms with E-state index in [2.05, 4.69) is 9.93 Å². The number of carbonyl (C=O) groups excluding carboxylic acids is 1. The fraction of sp³-hybridized carbons (Fsp3) is 0.500. The number of hydrogen-bond donors (Lipinski definition) is 1. The summed E-state index contributed by atoms with van der Waals surface area (Å²) in [6.45, 7) is 3.61. The Bertz CT molecular complexity index is 681. The van der Waals surface area contributed by atoms with Gasteiger partial charge in [-0.15, -0.1) is 0 Å². The van der Waals surface area contributed by atoms with Crippen molar-refractivity contribution in [3.8, 4) is 0 Å². The first-order valence-corrected chi connectivity index (χ1v) is 9.15. The minimum Gasteiger partial charge on any atom is -0.466 e. The van der Waals surface area contributed by atoms with Crippen molar-refractivity contribution in [1.82, 2.24) is 4.83 Å². The SMILES string of the molecule is CC(=O)OCCC1CCC/C1=N\NS(=O)(=O)c1ccc(C)cc1. The number of ether oxygens (including phenoxy) is 1. The van der Waals surface area contributed by atoms with Crippen molar-refractivity contribution in [3.05, 3.63) is 29.8 Å². The van der Waals surface area contributed by atoms with Crippen molar-refractivity contribution in [3.63, 3.8) is 0 Å². The highest BCUT2D eigenvalue weighted by Gasteiger charge is 2.24. The van der Waals surface area contributed by atoms with Gasteiger partial charge in [0.15, 0.2) is 0 Å². The molecule has 6 nitrogen and oxygen atoms in total. The summed E-state index contributed by atoms with van der Waals surface area (Å²) in [5.41, 5.74) is 1.82. The van der Waals surface area contributed by atoms with Gasteiger partial charge in [0, 0.05) is 18.6 Å². The number of esters is 1. The lowest BCUT2D eigenvalue weighted by Crippen LogP contribution is -2.22. The maximum atomic E-state index is 12.2. The van der Waals surface area contributed by atoms with Crippen molar-refractivity contribution in [2.75, 3.05) is 6.61 Å². The van der Waals surface area contributed by atoms with Crippen LogP contribution in [0.4, 0.5) is 0 Å². The molecule has 1 saturated carbocycles. The molecule has 0 saturated heterocycles. The zero-order valence-electron chi connectivity index (χ0n) is 13.4. The number of sulfonamides is 1. The molecule has 1 atom stereocenters. The first kappa shape index (κ1) is 17.5. The van der Waals surface area contributed by atoms with Crippen LogP contribution in [0.15, 0.2) is 34.3 Å². The fourth-order valence-corrected chi connectivity index (χ4v) is 3.43. The van der Waals surface area contributed by atoms with E-state index in [0.717, 1.165) is 30.5 Å². The summed E-state index contributed by atoms with van der Waals surface area (Å²) in [7, 11) is -3.64. The van der Waals surface area contributed by atoms with Crippen molar-refractivity contribution in [2.45, 2.75) is 44.4 Å². The number of hydrogen-bond acceptors (Lipinski definition) is 5. The van der Waals surface area contributed by atoms with Crippen molar-refractivity contribution in [1.29, 1.82) is 0 Å². The number of carbonyl (C=O) groups is 1. The molecular formula is C16H22N2O4S. The van der Waals surface area contributed by atoms with E-state index in [4.69, 9.17) is 4.74 Å². The zero-order chi connectivity index (χ0) is 16.9. The van der Waals surface area contributed by atoms with Crippen LogP contribution in [0, 0.1) is 12.8 Å². The van der Waals surface area contributed by atoms with Gasteiger partial charge in [-0.05, 0) is 44.7 Å². The van der Waals surface area contributed by atoms with Gasteiger partial charge in [0.1, 0.15) is 0 Å². The predicted molar refractivity (Wildman–Crippen MR) is 87.5 cm³/mol. The average molecular weight is 338 g/mol. The van der Waals surface area contributed by atoms with Gasteiger partial charge in [-0.3, -0.25) is 4.79 Å². The quantitative estimate of drug-likeness (QED) is 0.637. The molecule has 0 radical (unpaired) electrons. The molecule has 7 heteroatoms. The molecule has 0 aliphatic heterocycles. The molecular weight excluding hydrogens is 316 g/mol. The van der Waals surface area contributed by atoms with Gasteiger partial charge in [-0.2, -0.15) is 13.5 Å². The molecule has 0 spiro atoms. The van der Waals surface area contributed by atoms with Crippen LogP contribution in [0.2, 0.25) is 0 Å². The van der Waals surface area contributed by atoms with Crippen LogP contribution in [-0.2, 0) is 19.6 Å². The van der Waals surface area contributed by atoms with E-state index in [1.165, 1.54) is 6.92 Å². The standard InChI is InChI=1S/C16H22N2O4S/c1-12-6-8-15(9-7-12)23(20,21)18-17-16-5-3-4-14(16)10-11-22-13(2)19/h6-9,14,18H,3-5,10-11H2,1-2H3/b17-16+. The normalized spacial score (nSPS) is 19.7. The maximum Gasteiger partial charge on any atom is 0.302 e.